The fraction of sp³-hybridized carbons (Fsp3) is 0. The number of carbonyl (C=O) groups excluding carboxylic acids is 2. The lowest BCUT2D eigenvalue weighted by Crippen LogP contribution is -2.14. The van der Waals surface area contributed by atoms with Crippen LogP contribution in [0.3, 0.4) is 0 Å². The zero-order valence-electron chi connectivity index (χ0n) is 12.1. The van der Waals surface area contributed by atoms with Crippen LogP contribution in [0, 0.1) is 0 Å². The summed E-state index contributed by atoms with van der Waals surface area (Å²) in [4.78, 5) is 22.9. The highest BCUT2D eigenvalue weighted by Gasteiger charge is 2.00. The van der Waals surface area contributed by atoms with E-state index in [2.05, 4.69) is 15.9 Å². The fourth-order valence-electron chi connectivity index (χ4n) is 1.81. The van der Waals surface area contributed by atoms with Crippen molar-refractivity contribution in [1.29, 1.82) is 0 Å². The molecule has 0 radical (unpaired) electrons. The van der Waals surface area contributed by atoms with Gasteiger partial charge in [0, 0.05) is 16.1 Å². The third-order valence-electron chi connectivity index (χ3n) is 3.03. The van der Waals surface area contributed by atoms with Crippen molar-refractivity contribution < 1.29 is 14.8 Å². The van der Waals surface area contributed by atoms with Crippen LogP contribution in [0.15, 0.2) is 65.2 Å². The van der Waals surface area contributed by atoms with Gasteiger partial charge in [0.05, 0.1) is 0 Å². The topological polar surface area (TPSA) is 66.4 Å². The number of halogens is 1. The summed E-state index contributed by atoms with van der Waals surface area (Å²) >= 11 is 3.33. The molecular formula is C18H14BrNO3. The van der Waals surface area contributed by atoms with Gasteiger partial charge in [0.2, 0.25) is 0 Å². The Hall–Kier alpha value is -2.50. The van der Waals surface area contributed by atoms with Crippen LogP contribution < -0.4 is 5.48 Å². The number of rotatable bonds is 5. The number of hydrogen-bond acceptors (Lipinski definition) is 3. The average Bonchev–Trinajstić information content (AvgIpc) is 2.59. The van der Waals surface area contributed by atoms with Gasteiger partial charge in [0.1, 0.15) is 0 Å². The lowest BCUT2D eigenvalue weighted by molar-refractivity contribution is -0.124. The maximum atomic E-state index is 12.0. The summed E-state index contributed by atoms with van der Waals surface area (Å²) in [6, 6.07) is 14.5. The van der Waals surface area contributed by atoms with Gasteiger partial charge in [-0.1, -0.05) is 46.3 Å². The Morgan fingerprint density at radius 3 is 1.91 bits per heavy atom. The first kappa shape index (κ1) is 16.9. The maximum Gasteiger partial charge on any atom is 0.267 e. The summed E-state index contributed by atoms with van der Waals surface area (Å²) in [7, 11) is 0. The Morgan fingerprint density at radius 2 is 1.39 bits per heavy atom. The fourth-order valence-corrected chi connectivity index (χ4v) is 2.07. The van der Waals surface area contributed by atoms with Gasteiger partial charge in [-0.15, -0.1) is 0 Å². The molecule has 0 aliphatic rings. The van der Waals surface area contributed by atoms with Crippen LogP contribution in [0.5, 0.6) is 0 Å². The minimum atomic E-state index is -0.589. The molecule has 0 atom stereocenters. The van der Waals surface area contributed by atoms with Crippen LogP contribution in [0.4, 0.5) is 0 Å². The van der Waals surface area contributed by atoms with E-state index < -0.39 is 5.91 Å². The Morgan fingerprint density at radius 1 is 0.870 bits per heavy atom. The molecule has 2 aromatic carbocycles. The lowest BCUT2D eigenvalue weighted by Gasteiger charge is -1.98. The van der Waals surface area contributed by atoms with Gasteiger partial charge in [-0.05, 0) is 47.5 Å². The molecule has 2 aromatic rings. The third kappa shape index (κ3) is 5.32. The maximum absolute atomic E-state index is 12.0. The molecule has 0 heterocycles. The molecule has 0 aliphatic heterocycles. The SMILES string of the molecule is O=C(C=Cc1ccc(C=CC(=O)c2ccc(Br)cc2)cc1)NO. The molecule has 1 amide bonds. The molecule has 2 rings (SSSR count). The first-order valence-electron chi connectivity index (χ1n) is 6.78. The van der Waals surface area contributed by atoms with Gasteiger partial charge >= 0.3 is 0 Å². The number of allylic oxidation sites excluding steroid dienone is 1. The highest BCUT2D eigenvalue weighted by atomic mass is 79.9. The number of amides is 1. The zero-order chi connectivity index (χ0) is 16.7. The Labute approximate surface area is 142 Å². The number of nitrogens with one attached hydrogen (secondary N) is 1. The standard InChI is InChI=1S/C18H14BrNO3/c19-16-9-7-15(8-10-16)17(21)11-5-13-1-3-14(4-2-13)6-12-18(22)20-23/h1-12,23H,(H,20,22). The molecule has 0 aromatic heterocycles. The van der Waals surface area contributed by atoms with Crippen LogP contribution in [-0.2, 0) is 4.79 Å². The van der Waals surface area contributed by atoms with Crippen molar-refractivity contribution in [1.82, 2.24) is 5.48 Å². The molecule has 2 N–H and O–H groups in total. The molecule has 0 saturated heterocycles. The van der Waals surface area contributed by atoms with Gasteiger partial charge < -0.3 is 0 Å². The third-order valence-corrected chi connectivity index (χ3v) is 3.56. The van der Waals surface area contributed by atoms with E-state index in [0.29, 0.717) is 5.56 Å². The van der Waals surface area contributed by atoms with Crippen molar-refractivity contribution in [3.63, 3.8) is 0 Å². The number of ketones is 1. The molecule has 4 nitrogen and oxygen atoms in total. The van der Waals surface area contributed by atoms with E-state index >= 15 is 0 Å². The van der Waals surface area contributed by atoms with Crippen molar-refractivity contribution in [3.05, 3.63) is 81.8 Å². The van der Waals surface area contributed by atoms with E-state index in [1.165, 1.54) is 17.6 Å². The number of hydroxylamine groups is 1. The summed E-state index contributed by atoms with van der Waals surface area (Å²) in [5.74, 6) is -0.657. The number of carbonyl (C=O) groups is 2. The summed E-state index contributed by atoms with van der Waals surface area (Å²) in [6.07, 6.45) is 6.06. The van der Waals surface area contributed by atoms with Crippen molar-refractivity contribution in [2.24, 2.45) is 0 Å². The minimum absolute atomic E-state index is 0.0684. The largest absolute Gasteiger partial charge is 0.289 e. The van der Waals surface area contributed by atoms with E-state index in [4.69, 9.17) is 5.21 Å². The van der Waals surface area contributed by atoms with Crippen LogP contribution in [0.25, 0.3) is 12.2 Å². The van der Waals surface area contributed by atoms with Crippen molar-refractivity contribution >= 4 is 39.8 Å². The molecule has 5 heteroatoms. The molecule has 0 fully saturated rings. The Bertz CT molecular complexity index is 747. The van der Waals surface area contributed by atoms with E-state index in [1.807, 2.05) is 36.4 Å². The van der Waals surface area contributed by atoms with E-state index in [9.17, 15) is 9.59 Å². The normalized spacial score (nSPS) is 11.0. The quantitative estimate of drug-likeness (QED) is 0.363. The number of benzene rings is 2. The highest BCUT2D eigenvalue weighted by Crippen LogP contribution is 2.12. The van der Waals surface area contributed by atoms with E-state index in [0.717, 1.165) is 15.6 Å². The van der Waals surface area contributed by atoms with Gasteiger partial charge in [-0.25, -0.2) is 5.48 Å². The highest BCUT2D eigenvalue weighted by molar-refractivity contribution is 9.10. The van der Waals surface area contributed by atoms with Crippen LogP contribution in [-0.4, -0.2) is 16.9 Å². The molecule has 0 bridgehead atoms. The Kier molecular flexibility index (Phi) is 6.02. The van der Waals surface area contributed by atoms with Crippen LogP contribution in [0.2, 0.25) is 0 Å². The molecule has 0 spiro atoms. The monoisotopic (exact) mass is 371 g/mol. The van der Waals surface area contributed by atoms with Crippen LogP contribution in [0.1, 0.15) is 21.5 Å². The van der Waals surface area contributed by atoms with E-state index in [1.54, 1.807) is 24.3 Å². The van der Waals surface area contributed by atoms with Gasteiger partial charge in [0.15, 0.2) is 5.78 Å². The zero-order valence-corrected chi connectivity index (χ0v) is 13.7. The predicted molar refractivity (Wildman–Crippen MR) is 92.9 cm³/mol. The average molecular weight is 372 g/mol. The smallest absolute Gasteiger partial charge is 0.267 e. The molecule has 0 aliphatic carbocycles. The summed E-state index contributed by atoms with van der Waals surface area (Å²) in [5.41, 5.74) is 3.83. The lowest BCUT2D eigenvalue weighted by atomic mass is 10.1. The first-order valence-corrected chi connectivity index (χ1v) is 7.58. The molecule has 0 saturated carbocycles. The van der Waals surface area contributed by atoms with E-state index in [-0.39, 0.29) is 5.78 Å². The molecule has 23 heavy (non-hydrogen) atoms. The predicted octanol–water partition coefficient (Wildman–Crippen LogP) is 3.86. The minimum Gasteiger partial charge on any atom is -0.289 e. The summed E-state index contributed by atoms with van der Waals surface area (Å²) in [6.45, 7) is 0. The molecule has 116 valence electrons. The summed E-state index contributed by atoms with van der Waals surface area (Å²) in [5, 5.41) is 8.39. The number of hydrogen-bond donors (Lipinski definition) is 2. The second kappa shape index (κ2) is 8.22. The summed E-state index contributed by atoms with van der Waals surface area (Å²) < 4.78 is 0.927. The van der Waals surface area contributed by atoms with Crippen LogP contribution >= 0.6 is 15.9 Å². The van der Waals surface area contributed by atoms with Gasteiger partial charge in [-0.3, -0.25) is 14.8 Å². The first-order chi connectivity index (χ1) is 11.1. The van der Waals surface area contributed by atoms with Gasteiger partial charge in [-0.2, -0.15) is 0 Å². The Balaban J connectivity index is 2.02. The van der Waals surface area contributed by atoms with Crippen molar-refractivity contribution in [2.45, 2.75) is 0 Å². The van der Waals surface area contributed by atoms with Gasteiger partial charge in [0.25, 0.3) is 5.91 Å². The second-order valence-electron chi connectivity index (χ2n) is 4.68. The molecule has 0 unspecified atom stereocenters. The van der Waals surface area contributed by atoms with Crippen molar-refractivity contribution in [2.75, 3.05) is 0 Å². The van der Waals surface area contributed by atoms with Crippen molar-refractivity contribution in [3.8, 4) is 0 Å². The second-order valence-corrected chi connectivity index (χ2v) is 5.60. The molecular weight excluding hydrogens is 358 g/mol.